The second kappa shape index (κ2) is 7.37. The van der Waals surface area contributed by atoms with Crippen molar-refractivity contribution in [1.82, 2.24) is 10.6 Å². The molecule has 1 aromatic rings. The van der Waals surface area contributed by atoms with Crippen LogP contribution in [0.2, 0.25) is 0 Å². The third-order valence-electron chi connectivity index (χ3n) is 6.78. The van der Waals surface area contributed by atoms with Gasteiger partial charge in [0.05, 0.1) is 17.4 Å². The average Bonchev–Trinajstić information content (AvgIpc) is 3.19. The summed E-state index contributed by atoms with van der Waals surface area (Å²) in [6.45, 7) is 0. The molecule has 4 atom stereocenters. The van der Waals surface area contributed by atoms with Crippen molar-refractivity contribution in [2.24, 2.45) is 17.8 Å². The number of fused-ring (bicyclic) bond motifs is 1. The van der Waals surface area contributed by atoms with E-state index in [0.29, 0.717) is 0 Å². The topological polar surface area (TPSA) is 95.5 Å². The number of benzene rings is 1. The maximum atomic E-state index is 13.2. The summed E-state index contributed by atoms with van der Waals surface area (Å²) in [5.41, 5.74) is -2.43. The summed E-state index contributed by atoms with van der Waals surface area (Å²) in [6.07, 6.45) is 0.262. The van der Waals surface area contributed by atoms with Crippen molar-refractivity contribution in [1.29, 1.82) is 0 Å². The highest BCUT2D eigenvalue weighted by atomic mass is 19.4. The molecular weight excluding hydrogens is 401 g/mol. The van der Waals surface area contributed by atoms with Crippen LogP contribution in [-0.2, 0) is 20.6 Å². The first-order valence-electron chi connectivity index (χ1n) is 10.2. The SMILES string of the molecule is O=C1NC(=O)C2C1C(c1cccc(C(F)(F)F)c1)NC2(CC1CCCCC1)C(=O)O. The second-order valence-electron chi connectivity index (χ2n) is 8.59. The fraction of sp³-hybridized carbons (Fsp3) is 0.571. The molecule has 3 N–H and O–H groups in total. The van der Waals surface area contributed by atoms with Crippen molar-refractivity contribution in [3.05, 3.63) is 35.4 Å². The predicted molar refractivity (Wildman–Crippen MR) is 99.0 cm³/mol. The Bertz CT molecular complexity index is 881. The average molecular weight is 424 g/mol. The van der Waals surface area contributed by atoms with Gasteiger partial charge in [0.1, 0.15) is 5.54 Å². The molecule has 9 heteroatoms. The van der Waals surface area contributed by atoms with Crippen LogP contribution in [-0.4, -0.2) is 28.4 Å². The number of alkyl halides is 3. The van der Waals surface area contributed by atoms with Gasteiger partial charge < -0.3 is 5.11 Å². The van der Waals surface area contributed by atoms with Crippen molar-refractivity contribution >= 4 is 17.8 Å². The Morgan fingerprint density at radius 2 is 1.83 bits per heavy atom. The summed E-state index contributed by atoms with van der Waals surface area (Å²) in [5.74, 6) is -4.73. The van der Waals surface area contributed by atoms with Crippen molar-refractivity contribution in [2.45, 2.75) is 56.3 Å². The van der Waals surface area contributed by atoms with Crippen molar-refractivity contribution < 1.29 is 32.7 Å². The zero-order valence-electron chi connectivity index (χ0n) is 16.2. The van der Waals surface area contributed by atoms with Gasteiger partial charge in [-0.25, -0.2) is 0 Å². The molecule has 162 valence electrons. The molecule has 30 heavy (non-hydrogen) atoms. The van der Waals surface area contributed by atoms with E-state index in [4.69, 9.17) is 0 Å². The molecule has 4 rings (SSSR count). The number of carboxylic acid groups (broad SMARTS) is 1. The summed E-state index contributed by atoms with van der Waals surface area (Å²) >= 11 is 0. The van der Waals surface area contributed by atoms with Gasteiger partial charge in [0.2, 0.25) is 11.8 Å². The summed E-state index contributed by atoms with van der Waals surface area (Å²) in [4.78, 5) is 37.6. The summed E-state index contributed by atoms with van der Waals surface area (Å²) in [6, 6.07) is 3.50. The molecule has 4 unspecified atom stereocenters. The number of imide groups is 1. The van der Waals surface area contributed by atoms with E-state index in [1.807, 2.05) is 0 Å². The van der Waals surface area contributed by atoms with Crippen LogP contribution >= 0.6 is 0 Å². The van der Waals surface area contributed by atoms with Crippen LogP contribution in [0.15, 0.2) is 24.3 Å². The lowest BCUT2D eigenvalue weighted by Gasteiger charge is -2.35. The number of halogens is 3. The second-order valence-corrected chi connectivity index (χ2v) is 8.59. The molecule has 2 aliphatic heterocycles. The van der Waals surface area contributed by atoms with Crippen molar-refractivity contribution in [3.8, 4) is 0 Å². The Labute approximate surface area is 171 Å². The number of rotatable bonds is 4. The van der Waals surface area contributed by atoms with Gasteiger partial charge in [0.15, 0.2) is 0 Å². The molecule has 0 radical (unpaired) electrons. The Balaban J connectivity index is 1.75. The Kier molecular flexibility index (Phi) is 5.12. The van der Waals surface area contributed by atoms with E-state index >= 15 is 0 Å². The van der Waals surface area contributed by atoms with Gasteiger partial charge >= 0.3 is 12.1 Å². The number of carbonyl (C=O) groups excluding carboxylic acids is 2. The molecule has 3 aliphatic rings. The minimum absolute atomic E-state index is 0.0757. The molecule has 6 nitrogen and oxygen atoms in total. The van der Waals surface area contributed by atoms with Gasteiger partial charge in [-0.15, -0.1) is 0 Å². The smallest absolute Gasteiger partial charge is 0.416 e. The van der Waals surface area contributed by atoms with Crippen LogP contribution in [0.3, 0.4) is 0 Å². The van der Waals surface area contributed by atoms with Crippen LogP contribution in [0.1, 0.15) is 55.7 Å². The fourth-order valence-corrected chi connectivity index (χ4v) is 5.44. The highest BCUT2D eigenvalue weighted by molar-refractivity contribution is 6.09. The van der Waals surface area contributed by atoms with E-state index < -0.39 is 52.9 Å². The van der Waals surface area contributed by atoms with Gasteiger partial charge in [-0.05, 0) is 30.0 Å². The summed E-state index contributed by atoms with van der Waals surface area (Å²) in [5, 5.41) is 15.3. The molecule has 3 fully saturated rings. The van der Waals surface area contributed by atoms with Crippen LogP contribution < -0.4 is 10.6 Å². The molecule has 1 aromatic carbocycles. The first kappa shape index (κ1) is 20.8. The van der Waals surface area contributed by atoms with Gasteiger partial charge in [-0.2, -0.15) is 13.2 Å². The quantitative estimate of drug-likeness (QED) is 0.646. The summed E-state index contributed by atoms with van der Waals surface area (Å²) < 4.78 is 39.6. The molecule has 1 aliphatic carbocycles. The number of hydrogen-bond acceptors (Lipinski definition) is 4. The Morgan fingerprint density at radius 1 is 1.13 bits per heavy atom. The van der Waals surface area contributed by atoms with E-state index in [0.717, 1.165) is 44.2 Å². The Hall–Kier alpha value is -2.42. The largest absolute Gasteiger partial charge is 0.480 e. The van der Waals surface area contributed by atoms with Gasteiger partial charge in [-0.1, -0.05) is 44.2 Å². The molecular formula is C21H23F3N2O4. The van der Waals surface area contributed by atoms with E-state index in [1.54, 1.807) is 0 Å². The first-order valence-corrected chi connectivity index (χ1v) is 10.2. The molecule has 0 bridgehead atoms. The predicted octanol–water partition coefficient (Wildman–Crippen LogP) is 3.03. The maximum absolute atomic E-state index is 13.2. The van der Waals surface area contributed by atoms with E-state index in [1.165, 1.54) is 12.1 Å². The normalized spacial score (nSPS) is 32.2. The van der Waals surface area contributed by atoms with Crippen molar-refractivity contribution in [3.63, 3.8) is 0 Å². The van der Waals surface area contributed by atoms with Gasteiger partial charge in [0, 0.05) is 6.04 Å². The fourth-order valence-electron chi connectivity index (χ4n) is 5.44. The third-order valence-corrected chi connectivity index (χ3v) is 6.78. The Morgan fingerprint density at radius 3 is 2.47 bits per heavy atom. The van der Waals surface area contributed by atoms with Crippen molar-refractivity contribution in [2.75, 3.05) is 0 Å². The zero-order valence-corrected chi connectivity index (χ0v) is 16.2. The zero-order chi connectivity index (χ0) is 21.7. The van der Waals surface area contributed by atoms with E-state index in [-0.39, 0.29) is 17.9 Å². The van der Waals surface area contributed by atoms with Crippen LogP contribution in [0.25, 0.3) is 0 Å². The standard InChI is InChI=1S/C21H23F3N2O4/c22-21(23,24)13-8-4-7-12(9-13)16-14-15(18(28)25-17(14)27)20(26-16,19(29)30)10-11-5-2-1-3-6-11/h4,7-9,11,14-16,26H,1-3,5-6,10H2,(H,29,30)(H,25,27,28). The lowest BCUT2D eigenvalue weighted by molar-refractivity contribution is -0.150. The minimum Gasteiger partial charge on any atom is -0.480 e. The monoisotopic (exact) mass is 424 g/mol. The number of aliphatic carboxylic acids is 1. The number of carbonyl (C=O) groups is 3. The molecule has 2 heterocycles. The molecule has 0 spiro atoms. The minimum atomic E-state index is -4.58. The number of hydrogen-bond donors (Lipinski definition) is 3. The molecule has 0 aromatic heterocycles. The lowest BCUT2D eigenvalue weighted by Crippen LogP contribution is -2.56. The third kappa shape index (κ3) is 3.38. The van der Waals surface area contributed by atoms with Gasteiger partial charge in [0.25, 0.3) is 0 Å². The van der Waals surface area contributed by atoms with Crippen LogP contribution in [0, 0.1) is 17.8 Å². The van der Waals surface area contributed by atoms with Gasteiger partial charge in [-0.3, -0.25) is 25.0 Å². The van der Waals surface area contributed by atoms with E-state index in [2.05, 4.69) is 10.6 Å². The number of nitrogens with one attached hydrogen (secondary N) is 2. The maximum Gasteiger partial charge on any atom is 0.416 e. The number of amides is 2. The highest BCUT2D eigenvalue weighted by Gasteiger charge is 2.66. The number of carboxylic acids is 1. The lowest BCUT2D eigenvalue weighted by atomic mass is 9.72. The van der Waals surface area contributed by atoms with E-state index in [9.17, 15) is 32.7 Å². The molecule has 1 saturated carbocycles. The highest BCUT2D eigenvalue weighted by Crippen LogP contribution is 2.50. The van der Waals surface area contributed by atoms with Crippen LogP contribution in [0.5, 0.6) is 0 Å². The summed E-state index contributed by atoms with van der Waals surface area (Å²) in [7, 11) is 0. The molecule has 2 amide bonds. The van der Waals surface area contributed by atoms with Crippen LogP contribution in [0.4, 0.5) is 13.2 Å². The first-order chi connectivity index (χ1) is 14.1. The molecule has 2 saturated heterocycles.